The summed E-state index contributed by atoms with van der Waals surface area (Å²) in [6.45, 7) is 7.71. The number of carbonyl (C=O) groups excluding carboxylic acids is 5. The van der Waals surface area contributed by atoms with Crippen molar-refractivity contribution in [3.63, 3.8) is 0 Å². The van der Waals surface area contributed by atoms with Gasteiger partial charge in [-0.15, -0.1) is 23.1 Å². The normalized spacial score (nSPS) is 13.3. The molecule has 0 spiro atoms. The zero-order chi connectivity index (χ0) is 38.3. The Morgan fingerprint density at radius 1 is 0.962 bits per heavy atom. The number of nitrogens with zero attached hydrogens (tertiary/aromatic N) is 1. The molecule has 5 rings (SSSR count). The van der Waals surface area contributed by atoms with Crippen LogP contribution in [0.3, 0.4) is 0 Å². The molecule has 276 valence electrons. The number of thiophene rings is 1. The number of fused-ring (bicyclic) bond motifs is 1. The second kappa shape index (κ2) is 17.1. The number of thioether (sulfide) groups is 1. The van der Waals surface area contributed by atoms with Crippen molar-refractivity contribution in [2.24, 2.45) is 0 Å². The zero-order valence-electron chi connectivity index (χ0n) is 29.8. The number of rotatable bonds is 10. The Bertz CT molecular complexity index is 2060. The Labute approximate surface area is 321 Å². The van der Waals surface area contributed by atoms with Gasteiger partial charge in [-0.05, 0) is 87.7 Å². The van der Waals surface area contributed by atoms with E-state index in [0.29, 0.717) is 44.7 Å². The summed E-state index contributed by atoms with van der Waals surface area (Å²) in [6.07, 6.45) is 1.46. The Hall–Kier alpha value is -5.11. The maximum atomic E-state index is 13.6. The van der Waals surface area contributed by atoms with E-state index in [1.807, 2.05) is 0 Å². The molecule has 11 nitrogen and oxygen atoms in total. The molecule has 1 aliphatic rings. The molecule has 3 N–H and O–H groups in total. The smallest absolute Gasteiger partial charge is 0.410 e. The first kappa shape index (κ1) is 39.1. The average Bonchev–Trinajstić information content (AvgIpc) is 3.48. The van der Waals surface area contributed by atoms with E-state index in [0.717, 1.165) is 10.4 Å². The minimum Gasteiger partial charge on any atom is -0.465 e. The van der Waals surface area contributed by atoms with Crippen LogP contribution in [-0.4, -0.2) is 59.2 Å². The predicted molar refractivity (Wildman–Crippen MR) is 208 cm³/mol. The molecule has 4 aromatic rings. The minimum absolute atomic E-state index is 0.0213. The molecule has 0 radical (unpaired) electrons. The Morgan fingerprint density at radius 3 is 2.38 bits per heavy atom. The molecule has 1 atom stereocenters. The van der Waals surface area contributed by atoms with E-state index in [1.54, 1.807) is 111 Å². The topological polar surface area (TPSA) is 143 Å². The summed E-state index contributed by atoms with van der Waals surface area (Å²) in [5.41, 5.74) is 1.70. The van der Waals surface area contributed by atoms with Crippen LogP contribution in [0.2, 0.25) is 5.02 Å². The summed E-state index contributed by atoms with van der Waals surface area (Å²) in [4.78, 5) is 68.8. The molecule has 4 amide bonds. The van der Waals surface area contributed by atoms with Crippen LogP contribution < -0.4 is 16.0 Å². The van der Waals surface area contributed by atoms with Crippen molar-refractivity contribution >= 4 is 81.2 Å². The second-order valence-corrected chi connectivity index (χ2v) is 15.9. The maximum Gasteiger partial charge on any atom is 0.410 e. The highest BCUT2D eigenvalue weighted by atomic mass is 35.5. The summed E-state index contributed by atoms with van der Waals surface area (Å²) in [6, 6.07) is 22.4. The second-order valence-electron chi connectivity index (χ2n) is 13.0. The fraction of sp³-hybridized carbons (Fsp3) is 0.256. The van der Waals surface area contributed by atoms with E-state index in [4.69, 9.17) is 21.1 Å². The SMILES string of the molecule is COC(=O)c1c(NC(=O)C(C)Sc2cccc(NC(=O)/C(=C\c3ccccc3Cl)NC(=O)c3ccccc3)c2)sc2c1CCN(C(=O)OC(C)(C)C)C2. The highest BCUT2D eigenvalue weighted by molar-refractivity contribution is 8.00. The van der Waals surface area contributed by atoms with Gasteiger partial charge in [0.1, 0.15) is 16.3 Å². The van der Waals surface area contributed by atoms with E-state index in [1.165, 1.54) is 36.3 Å². The maximum absolute atomic E-state index is 13.6. The standard InChI is InChI=1S/C39H39ClN4O7S2/c1-23(33(45)43-36-32(37(48)50-5)28-18-19-44(22-31(28)53-36)38(49)51-39(2,3)4)52-27-16-11-15-26(21-27)41-35(47)30(20-25-14-9-10-17-29(25)40)42-34(46)24-12-7-6-8-13-24/h6-17,20-21,23H,18-19,22H2,1-5H3,(H,41,47)(H,42,46)(H,43,45)/b30-20+. The van der Waals surface area contributed by atoms with Crippen molar-refractivity contribution in [2.75, 3.05) is 24.3 Å². The van der Waals surface area contributed by atoms with Crippen molar-refractivity contribution in [3.8, 4) is 0 Å². The number of ether oxygens (including phenoxy) is 2. The number of amides is 4. The summed E-state index contributed by atoms with van der Waals surface area (Å²) >= 11 is 8.84. The Balaban J connectivity index is 1.29. The van der Waals surface area contributed by atoms with Gasteiger partial charge in [0, 0.05) is 32.6 Å². The van der Waals surface area contributed by atoms with Crippen LogP contribution in [0.15, 0.2) is 89.5 Å². The lowest BCUT2D eigenvalue weighted by molar-refractivity contribution is -0.115. The number of hydrogen-bond acceptors (Lipinski definition) is 9. The van der Waals surface area contributed by atoms with Crippen LogP contribution in [0.4, 0.5) is 15.5 Å². The van der Waals surface area contributed by atoms with E-state index in [2.05, 4.69) is 16.0 Å². The molecule has 0 saturated heterocycles. The molecule has 1 aromatic heterocycles. The van der Waals surface area contributed by atoms with Crippen molar-refractivity contribution in [2.45, 2.75) is 56.4 Å². The lowest BCUT2D eigenvalue weighted by Gasteiger charge is -2.30. The van der Waals surface area contributed by atoms with Crippen LogP contribution >= 0.6 is 34.7 Å². The minimum atomic E-state index is -0.653. The van der Waals surface area contributed by atoms with Crippen LogP contribution in [0.1, 0.15) is 64.4 Å². The number of anilines is 2. The van der Waals surface area contributed by atoms with E-state index >= 15 is 0 Å². The lowest BCUT2D eigenvalue weighted by Crippen LogP contribution is -2.39. The van der Waals surface area contributed by atoms with Gasteiger partial charge in [0.2, 0.25) is 5.91 Å². The third kappa shape index (κ3) is 10.3. The molecule has 0 fully saturated rings. The van der Waals surface area contributed by atoms with Gasteiger partial charge in [-0.3, -0.25) is 14.4 Å². The van der Waals surface area contributed by atoms with E-state index < -0.39 is 34.7 Å². The van der Waals surface area contributed by atoms with Crippen LogP contribution in [0, 0.1) is 0 Å². The highest BCUT2D eigenvalue weighted by Gasteiger charge is 2.33. The molecule has 2 heterocycles. The highest BCUT2D eigenvalue weighted by Crippen LogP contribution is 2.39. The lowest BCUT2D eigenvalue weighted by atomic mass is 10.0. The first-order valence-electron chi connectivity index (χ1n) is 16.6. The quantitative estimate of drug-likeness (QED) is 0.0836. The molecular formula is C39H39ClN4O7S2. The first-order valence-corrected chi connectivity index (χ1v) is 18.7. The van der Waals surface area contributed by atoms with Gasteiger partial charge in [-0.25, -0.2) is 9.59 Å². The monoisotopic (exact) mass is 774 g/mol. The predicted octanol–water partition coefficient (Wildman–Crippen LogP) is 8.01. The third-order valence-corrected chi connectivity index (χ3v) is 10.4. The largest absolute Gasteiger partial charge is 0.465 e. The summed E-state index contributed by atoms with van der Waals surface area (Å²) in [5, 5.41) is 8.57. The van der Waals surface area contributed by atoms with Gasteiger partial charge in [0.25, 0.3) is 11.8 Å². The zero-order valence-corrected chi connectivity index (χ0v) is 32.2. The number of hydrogen-bond donors (Lipinski definition) is 3. The average molecular weight is 775 g/mol. The van der Waals surface area contributed by atoms with Gasteiger partial charge in [0.15, 0.2) is 0 Å². The molecule has 1 aliphatic heterocycles. The number of methoxy groups -OCH3 is 1. The summed E-state index contributed by atoms with van der Waals surface area (Å²) in [5.74, 6) is -1.98. The molecular weight excluding hydrogens is 736 g/mol. The molecule has 53 heavy (non-hydrogen) atoms. The first-order chi connectivity index (χ1) is 25.2. The van der Waals surface area contributed by atoms with Crippen LogP contribution in [0.5, 0.6) is 0 Å². The van der Waals surface area contributed by atoms with Crippen molar-refractivity contribution in [1.29, 1.82) is 0 Å². The molecule has 3 aromatic carbocycles. The fourth-order valence-corrected chi connectivity index (χ4v) is 7.67. The van der Waals surface area contributed by atoms with E-state index in [-0.39, 0.29) is 23.7 Å². The summed E-state index contributed by atoms with van der Waals surface area (Å²) < 4.78 is 10.6. The molecule has 1 unspecified atom stereocenters. The van der Waals surface area contributed by atoms with Gasteiger partial charge in [0.05, 0.1) is 24.5 Å². The van der Waals surface area contributed by atoms with E-state index in [9.17, 15) is 24.0 Å². The summed E-state index contributed by atoms with van der Waals surface area (Å²) in [7, 11) is 1.28. The van der Waals surface area contributed by atoms with Gasteiger partial charge in [-0.2, -0.15) is 0 Å². The van der Waals surface area contributed by atoms with Crippen molar-refractivity contribution in [3.05, 3.63) is 117 Å². The molecule has 0 saturated carbocycles. The molecule has 14 heteroatoms. The van der Waals surface area contributed by atoms with Gasteiger partial charge < -0.3 is 30.3 Å². The number of benzene rings is 3. The number of carbonyl (C=O) groups is 5. The number of esters is 1. The number of halogens is 1. The Kier molecular flexibility index (Phi) is 12.7. The fourth-order valence-electron chi connectivity index (χ4n) is 5.30. The van der Waals surface area contributed by atoms with Crippen LogP contribution in [0.25, 0.3) is 6.08 Å². The third-order valence-electron chi connectivity index (χ3n) is 7.84. The van der Waals surface area contributed by atoms with Crippen LogP contribution in [-0.2, 0) is 32.0 Å². The molecule has 0 bridgehead atoms. The van der Waals surface area contributed by atoms with Crippen molar-refractivity contribution in [1.82, 2.24) is 10.2 Å². The van der Waals surface area contributed by atoms with Gasteiger partial charge >= 0.3 is 12.1 Å². The number of nitrogens with one attached hydrogen (secondary N) is 3. The molecule has 0 aliphatic carbocycles. The van der Waals surface area contributed by atoms with Crippen molar-refractivity contribution < 1.29 is 33.4 Å². The van der Waals surface area contributed by atoms with Gasteiger partial charge in [-0.1, -0.05) is 54.1 Å². The Morgan fingerprint density at radius 2 is 1.68 bits per heavy atom.